The van der Waals surface area contributed by atoms with Gasteiger partial charge in [0.2, 0.25) is 0 Å². The molecule has 1 atom stereocenters. The fraction of sp³-hybridized carbons (Fsp3) is 0.250. The van der Waals surface area contributed by atoms with E-state index >= 15 is 0 Å². The van der Waals surface area contributed by atoms with Crippen LogP contribution in [0.15, 0.2) is 18.2 Å². The van der Waals surface area contributed by atoms with Crippen LogP contribution in [0.5, 0.6) is 0 Å². The summed E-state index contributed by atoms with van der Waals surface area (Å²) in [6, 6.07) is 3.00. The summed E-state index contributed by atoms with van der Waals surface area (Å²) in [5, 5.41) is 21.4. The summed E-state index contributed by atoms with van der Waals surface area (Å²) in [7, 11) is 0. The van der Waals surface area contributed by atoms with Crippen molar-refractivity contribution in [3.8, 4) is 0 Å². The van der Waals surface area contributed by atoms with Gasteiger partial charge in [-0.15, -0.1) is 0 Å². The van der Waals surface area contributed by atoms with Crippen LogP contribution in [0.2, 0.25) is 0 Å². The van der Waals surface area contributed by atoms with Gasteiger partial charge < -0.3 is 0 Å². The number of halogens is 2. The number of benzene rings is 1. The molecule has 18 heavy (non-hydrogen) atoms. The van der Waals surface area contributed by atoms with Crippen LogP contribution in [-0.4, -0.2) is 9.85 Å². The van der Waals surface area contributed by atoms with Crippen molar-refractivity contribution in [2.45, 2.75) is 12.6 Å². The molecular weight excluding hydrogens is 306 g/mol. The molecule has 0 heterocycles. The van der Waals surface area contributed by atoms with Crippen molar-refractivity contribution in [1.29, 1.82) is 0 Å². The molecule has 0 saturated heterocycles. The number of nitrogens with zero attached hydrogens (tertiary/aromatic N) is 2. The predicted octanol–water partition coefficient (Wildman–Crippen LogP) is 4.23. The molecule has 1 aromatic rings. The molecule has 0 N–H and O–H groups in total. The third-order valence-corrected chi connectivity index (χ3v) is 5.26. The zero-order chi connectivity index (χ0) is 14.1. The van der Waals surface area contributed by atoms with Crippen LogP contribution in [0.3, 0.4) is 0 Å². The lowest BCUT2D eigenvalue weighted by Crippen LogP contribution is -1.99. The summed E-state index contributed by atoms with van der Waals surface area (Å²) in [4.78, 5) is 19.8. The Labute approximate surface area is 111 Å². The Balaban J connectivity index is 3.42. The number of rotatable bonds is 4. The molecule has 0 radical (unpaired) electrons. The monoisotopic (exact) mass is 312 g/mol. The van der Waals surface area contributed by atoms with Gasteiger partial charge in [0.1, 0.15) is 0 Å². The second kappa shape index (κ2) is 5.22. The van der Waals surface area contributed by atoms with E-state index in [1.54, 1.807) is 0 Å². The van der Waals surface area contributed by atoms with Gasteiger partial charge in [0, 0.05) is 11.6 Å². The van der Waals surface area contributed by atoms with Crippen molar-refractivity contribution in [2.75, 3.05) is 0 Å². The van der Waals surface area contributed by atoms with Crippen LogP contribution in [0, 0.1) is 20.2 Å². The molecule has 0 aliphatic carbocycles. The number of nitro benzene ring substituents is 2. The summed E-state index contributed by atoms with van der Waals surface area (Å²) >= 11 is 10.9. The van der Waals surface area contributed by atoms with Gasteiger partial charge in [-0.2, -0.15) is 0 Å². The SMILES string of the molecule is CC(c1ccc([N+](=O)[O-])cc1[N+](=O)[O-])P(=O)(Cl)Cl. The van der Waals surface area contributed by atoms with Gasteiger partial charge in [0.15, 0.2) is 0 Å². The molecule has 0 aliphatic heterocycles. The Hall–Kier alpha value is -1.17. The average molecular weight is 313 g/mol. The first-order chi connectivity index (χ1) is 8.14. The van der Waals surface area contributed by atoms with Crippen molar-refractivity contribution in [2.24, 2.45) is 0 Å². The third-order valence-electron chi connectivity index (χ3n) is 2.32. The van der Waals surface area contributed by atoms with Gasteiger partial charge in [0.25, 0.3) is 17.2 Å². The van der Waals surface area contributed by atoms with Crippen molar-refractivity contribution in [3.63, 3.8) is 0 Å². The van der Waals surface area contributed by atoms with E-state index in [4.69, 9.17) is 22.5 Å². The maximum atomic E-state index is 11.5. The van der Waals surface area contributed by atoms with Crippen LogP contribution in [0.4, 0.5) is 11.4 Å². The highest BCUT2D eigenvalue weighted by Crippen LogP contribution is 2.68. The van der Waals surface area contributed by atoms with E-state index in [2.05, 4.69) is 0 Å². The molecule has 1 rings (SSSR count). The molecule has 0 aromatic heterocycles. The fourth-order valence-electron chi connectivity index (χ4n) is 1.32. The zero-order valence-corrected chi connectivity index (χ0v) is 11.4. The molecule has 0 aliphatic rings. The number of hydrogen-bond acceptors (Lipinski definition) is 5. The molecular formula is C8H7Cl2N2O5P. The van der Waals surface area contributed by atoms with Gasteiger partial charge in [-0.25, -0.2) is 0 Å². The van der Waals surface area contributed by atoms with Crippen molar-refractivity contribution < 1.29 is 14.4 Å². The minimum atomic E-state index is -3.61. The van der Waals surface area contributed by atoms with Gasteiger partial charge in [0.05, 0.1) is 21.6 Å². The first-order valence-electron chi connectivity index (χ1n) is 4.56. The molecule has 0 bridgehead atoms. The van der Waals surface area contributed by atoms with Crippen LogP contribution in [-0.2, 0) is 4.57 Å². The van der Waals surface area contributed by atoms with Gasteiger partial charge in [-0.1, -0.05) is 0 Å². The molecule has 0 spiro atoms. The van der Waals surface area contributed by atoms with E-state index in [0.29, 0.717) is 0 Å². The standard InChI is InChI=1S/C8H7Cl2N2O5P/c1-5(18(9,10)17)7-3-2-6(11(13)14)4-8(7)12(15)16/h2-5H,1H3. The second-order valence-electron chi connectivity index (χ2n) is 3.44. The normalized spacial score (nSPS) is 13.1. The van der Waals surface area contributed by atoms with Gasteiger partial charge in [-0.3, -0.25) is 24.8 Å². The largest absolute Gasteiger partial charge is 0.289 e. The van der Waals surface area contributed by atoms with Crippen molar-refractivity contribution in [3.05, 3.63) is 44.0 Å². The van der Waals surface area contributed by atoms with Crippen LogP contribution >= 0.6 is 28.3 Å². The Morgan fingerprint density at radius 1 is 1.22 bits per heavy atom. The predicted molar refractivity (Wildman–Crippen MR) is 67.5 cm³/mol. The van der Waals surface area contributed by atoms with Crippen LogP contribution in [0.1, 0.15) is 18.1 Å². The summed E-state index contributed by atoms with van der Waals surface area (Å²) in [5.41, 5.74) is -1.95. The first-order valence-corrected chi connectivity index (χ1v) is 8.15. The molecule has 1 unspecified atom stereocenters. The van der Waals surface area contributed by atoms with E-state index in [1.165, 1.54) is 6.92 Å². The average Bonchev–Trinajstić information content (AvgIpc) is 2.25. The Bertz CT molecular complexity index is 558. The molecule has 10 heteroatoms. The lowest BCUT2D eigenvalue weighted by atomic mass is 10.1. The van der Waals surface area contributed by atoms with Crippen LogP contribution in [0.25, 0.3) is 0 Å². The minimum absolute atomic E-state index is 0.000988. The highest BCUT2D eigenvalue weighted by Gasteiger charge is 2.32. The Morgan fingerprint density at radius 2 is 1.78 bits per heavy atom. The summed E-state index contributed by atoms with van der Waals surface area (Å²) < 4.78 is 11.5. The molecule has 0 saturated carbocycles. The number of hydrogen-bond donors (Lipinski definition) is 0. The van der Waals surface area contributed by atoms with E-state index < -0.39 is 32.7 Å². The van der Waals surface area contributed by atoms with E-state index in [0.717, 1.165) is 18.2 Å². The second-order valence-corrected chi connectivity index (χ2v) is 8.75. The minimum Gasteiger partial charge on any atom is -0.289 e. The lowest BCUT2D eigenvalue weighted by Gasteiger charge is -2.12. The van der Waals surface area contributed by atoms with E-state index in [1.807, 2.05) is 0 Å². The zero-order valence-electron chi connectivity index (χ0n) is 8.95. The quantitative estimate of drug-likeness (QED) is 0.470. The highest BCUT2D eigenvalue weighted by atomic mass is 35.9. The molecule has 7 nitrogen and oxygen atoms in total. The molecule has 0 fully saturated rings. The number of nitro groups is 2. The van der Waals surface area contributed by atoms with Crippen LogP contribution < -0.4 is 0 Å². The fourth-order valence-corrected chi connectivity index (χ4v) is 2.49. The van der Waals surface area contributed by atoms with Crippen molar-refractivity contribution >= 4 is 39.7 Å². The third kappa shape index (κ3) is 3.19. The lowest BCUT2D eigenvalue weighted by molar-refractivity contribution is -0.394. The molecule has 0 amide bonds. The number of non-ortho nitro benzene ring substituents is 1. The first kappa shape index (κ1) is 14.9. The topological polar surface area (TPSA) is 103 Å². The molecule has 98 valence electrons. The summed E-state index contributed by atoms with van der Waals surface area (Å²) in [6.07, 6.45) is 0. The summed E-state index contributed by atoms with van der Waals surface area (Å²) in [5.74, 6) is -3.61. The maximum absolute atomic E-state index is 11.5. The van der Waals surface area contributed by atoms with E-state index in [-0.39, 0.29) is 5.56 Å². The Morgan fingerprint density at radius 3 is 2.17 bits per heavy atom. The summed E-state index contributed by atoms with van der Waals surface area (Å²) in [6.45, 7) is 1.36. The maximum Gasteiger partial charge on any atom is 0.280 e. The smallest absolute Gasteiger partial charge is 0.280 e. The van der Waals surface area contributed by atoms with E-state index in [9.17, 15) is 24.8 Å². The van der Waals surface area contributed by atoms with Gasteiger partial charge in [-0.05, 0) is 35.5 Å². The van der Waals surface area contributed by atoms with Gasteiger partial charge >= 0.3 is 0 Å². The molecule has 1 aromatic carbocycles. The highest BCUT2D eigenvalue weighted by molar-refractivity contribution is 8.08. The Kier molecular flexibility index (Phi) is 4.32. The van der Waals surface area contributed by atoms with Crippen molar-refractivity contribution in [1.82, 2.24) is 0 Å².